The summed E-state index contributed by atoms with van der Waals surface area (Å²) in [6.45, 7) is 4.33. The van der Waals surface area contributed by atoms with Crippen LogP contribution in [0.15, 0.2) is 60.7 Å². The Hall–Kier alpha value is -2.35. The van der Waals surface area contributed by atoms with Crippen LogP contribution >= 0.6 is 0 Å². The lowest BCUT2D eigenvalue weighted by Gasteiger charge is -2.09. The predicted octanol–water partition coefficient (Wildman–Crippen LogP) is 4.73. The molecule has 0 bridgehead atoms. The van der Waals surface area contributed by atoms with Gasteiger partial charge in [0.2, 0.25) is 0 Å². The third kappa shape index (κ3) is 3.05. The maximum Gasteiger partial charge on any atom is 0.107 e. The standard InChI is InChI=1S/C19H20N2/c1-14(16-9-5-3-6-10-16)13-18-20-15(2)19(21-18)17-11-7-4-8-12-17/h3-12,14H,13H2,1-2H3,(H,20,21). The second-order valence-electron chi connectivity index (χ2n) is 5.54. The molecule has 21 heavy (non-hydrogen) atoms. The molecule has 1 heterocycles. The predicted molar refractivity (Wildman–Crippen MR) is 87.3 cm³/mol. The Kier molecular flexibility index (Phi) is 3.87. The van der Waals surface area contributed by atoms with Gasteiger partial charge < -0.3 is 4.98 Å². The molecule has 1 aromatic heterocycles. The molecular formula is C19H20N2. The van der Waals surface area contributed by atoms with Crippen molar-refractivity contribution in [2.45, 2.75) is 26.2 Å². The summed E-state index contributed by atoms with van der Waals surface area (Å²) in [6.07, 6.45) is 0.928. The zero-order valence-electron chi connectivity index (χ0n) is 12.5. The van der Waals surface area contributed by atoms with E-state index in [1.807, 2.05) is 6.07 Å². The highest BCUT2D eigenvalue weighted by molar-refractivity contribution is 5.61. The zero-order chi connectivity index (χ0) is 14.7. The Morgan fingerprint density at radius 1 is 0.952 bits per heavy atom. The molecule has 2 nitrogen and oxygen atoms in total. The number of H-pyrrole nitrogens is 1. The van der Waals surface area contributed by atoms with Crippen LogP contribution < -0.4 is 0 Å². The van der Waals surface area contributed by atoms with E-state index in [9.17, 15) is 0 Å². The summed E-state index contributed by atoms with van der Waals surface area (Å²) in [5, 5.41) is 0. The average Bonchev–Trinajstić information content (AvgIpc) is 2.89. The Labute approximate surface area is 125 Å². The molecular weight excluding hydrogens is 256 g/mol. The van der Waals surface area contributed by atoms with E-state index >= 15 is 0 Å². The zero-order valence-corrected chi connectivity index (χ0v) is 12.5. The van der Waals surface area contributed by atoms with Crippen molar-refractivity contribution in [3.8, 4) is 11.3 Å². The fourth-order valence-electron chi connectivity index (χ4n) is 2.69. The molecule has 0 aliphatic heterocycles. The number of nitrogens with zero attached hydrogens (tertiary/aromatic N) is 1. The van der Waals surface area contributed by atoms with Crippen molar-refractivity contribution >= 4 is 0 Å². The molecule has 3 aromatic rings. The summed E-state index contributed by atoms with van der Waals surface area (Å²) in [6, 6.07) is 20.9. The van der Waals surface area contributed by atoms with Gasteiger partial charge in [-0.05, 0) is 18.4 Å². The van der Waals surface area contributed by atoms with Gasteiger partial charge in [-0.2, -0.15) is 0 Å². The van der Waals surface area contributed by atoms with Gasteiger partial charge in [0.05, 0.1) is 5.69 Å². The van der Waals surface area contributed by atoms with E-state index < -0.39 is 0 Å². The van der Waals surface area contributed by atoms with Gasteiger partial charge in [-0.15, -0.1) is 0 Å². The van der Waals surface area contributed by atoms with Crippen molar-refractivity contribution in [1.82, 2.24) is 9.97 Å². The second kappa shape index (κ2) is 5.96. The first kappa shape index (κ1) is 13.6. The number of aromatic amines is 1. The van der Waals surface area contributed by atoms with Crippen molar-refractivity contribution < 1.29 is 0 Å². The Bertz CT molecular complexity index is 699. The van der Waals surface area contributed by atoms with Crippen LogP contribution in [0.2, 0.25) is 0 Å². The van der Waals surface area contributed by atoms with Crippen molar-refractivity contribution in [1.29, 1.82) is 0 Å². The summed E-state index contributed by atoms with van der Waals surface area (Å²) in [4.78, 5) is 8.22. The van der Waals surface area contributed by atoms with E-state index in [0.717, 1.165) is 23.6 Å². The molecule has 1 unspecified atom stereocenters. The van der Waals surface area contributed by atoms with Crippen LogP contribution in [0.1, 0.15) is 29.9 Å². The van der Waals surface area contributed by atoms with Crippen molar-refractivity contribution in [2.24, 2.45) is 0 Å². The van der Waals surface area contributed by atoms with Gasteiger partial charge in [0.1, 0.15) is 5.82 Å². The molecule has 0 saturated heterocycles. The number of aryl methyl sites for hydroxylation is 1. The molecule has 0 radical (unpaired) electrons. The van der Waals surface area contributed by atoms with Crippen LogP contribution in [-0.2, 0) is 6.42 Å². The molecule has 0 spiro atoms. The van der Waals surface area contributed by atoms with E-state index in [-0.39, 0.29) is 0 Å². The van der Waals surface area contributed by atoms with Gasteiger partial charge in [-0.1, -0.05) is 67.6 Å². The molecule has 1 N–H and O–H groups in total. The smallest absolute Gasteiger partial charge is 0.107 e. The summed E-state index contributed by atoms with van der Waals surface area (Å²) in [5.41, 5.74) is 4.72. The molecule has 2 heteroatoms. The summed E-state index contributed by atoms with van der Waals surface area (Å²) < 4.78 is 0. The van der Waals surface area contributed by atoms with E-state index in [4.69, 9.17) is 4.98 Å². The molecule has 0 fully saturated rings. The van der Waals surface area contributed by atoms with Gasteiger partial charge in [0.25, 0.3) is 0 Å². The highest BCUT2D eigenvalue weighted by Gasteiger charge is 2.12. The minimum Gasteiger partial charge on any atom is -0.346 e. The third-order valence-electron chi connectivity index (χ3n) is 3.85. The average molecular weight is 276 g/mol. The van der Waals surface area contributed by atoms with Gasteiger partial charge in [0.15, 0.2) is 0 Å². The molecule has 3 rings (SSSR count). The van der Waals surface area contributed by atoms with Crippen LogP contribution in [0, 0.1) is 6.92 Å². The number of nitrogens with one attached hydrogen (secondary N) is 1. The van der Waals surface area contributed by atoms with Gasteiger partial charge in [0, 0.05) is 17.7 Å². The third-order valence-corrected chi connectivity index (χ3v) is 3.85. The first-order valence-electron chi connectivity index (χ1n) is 7.40. The first-order chi connectivity index (χ1) is 10.2. The van der Waals surface area contributed by atoms with Crippen molar-refractivity contribution in [3.05, 3.63) is 77.7 Å². The Balaban J connectivity index is 1.82. The van der Waals surface area contributed by atoms with Gasteiger partial charge in [-0.25, -0.2) is 4.98 Å². The fourth-order valence-corrected chi connectivity index (χ4v) is 2.69. The molecule has 1 atom stereocenters. The maximum absolute atomic E-state index is 4.79. The summed E-state index contributed by atoms with van der Waals surface area (Å²) >= 11 is 0. The molecule has 2 aromatic carbocycles. The van der Waals surface area contributed by atoms with Crippen LogP contribution in [0.3, 0.4) is 0 Å². The fraction of sp³-hybridized carbons (Fsp3) is 0.211. The van der Waals surface area contributed by atoms with Crippen LogP contribution in [-0.4, -0.2) is 9.97 Å². The molecule has 0 aliphatic rings. The molecule has 106 valence electrons. The Morgan fingerprint density at radius 3 is 2.24 bits per heavy atom. The lowest BCUT2D eigenvalue weighted by atomic mass is 9.98. The normalized spacial score (nSPS) is 12.3. The Morgan fingerprint density at radius 2 is 1.57 bits per heavy atom. The molecule has 0 aliphatic carbocycles. The van der Waals surface area contributed by atoms with E-state index in [1.165, 1.54) is 11.1 Å². The minimum atomic E-state index is 0.459. The van der Waals surface area contributed by atoms with E-state index in [0.29, 0.717) is 5.92 Å². The minimum absolute atomic E-state index is 0.459. The number of rotatable bonds is 4. The molecule has 0 amide bonds. The molecule has 0 saturated carbocycles. The van der Waals surface area contributed by atoms with Gasteiger partial charge in [-0.3, -0.25) is 0 Å². The SMILES string of the molecule is Cc1[nH]c(CC(C)c2ccccc2)nc1-c1ccccc1. The van der Waals surface area contributed by atoms with Crippen LogP contribution in [0.5, 0.6) is 0 Å². The highest BCUT2D eigenvalue weighted by atomic mass is 14.9. The lowest BCUT2D eigenvalue weighted by molar-refractivity contribution is 0.726. The van der Waals surface area contributed by atoms with Crippen molar-refractivity contribution in [2.75, 3.05) is 0 Å². The quantitative estimate of drug-likeness (QED) is 0.733. The topological polar surface area (TPSA) is 28.7 Å². The largest absolute Gasteiger partial charge is 0.346 e. The number of hydrogen-bond donors (Lipinski definition) is 1. The maximum atomic E-state index is 4.79. The van der Waals surface area contributed by atoms with E-state index in [1.54, 1.807) is 0 Å². The summed E-state index contributed by atoms with van der Waals surface area (Å²) in [5.74, 6) is 1.52. The number of hydrogen-bond acceptors (Lipinski definition) is 1. The number of aromatic nitrogens is 2. The number of imidazole rings is 1. The monoisotopic (exact) mass is 276 g/mol. The summed E-state index contributed by atoms with van der Waals surface area (Å²) in [7, 11) is 0. The lowest BCUT2D eigenvalue weighted by Crippen LogP contribution is -2.00. The van der Waals surface area contributed by atoms with Crippen molar-refractivity contribution in [3.63, 3.8) is 0 Å². The van der Waals surface area contributed by atoms with Gasteiger partial charge >= 0.3 is 0 Å². The number of benzene rings is 2. The second-order valence-corrected chi connectivity index (χ2v) is 5.54. The van der Waals surface area contributed by atoms with Crippen LogP contribution in [0.4, 0.5) is 0 Å². The highest BCUT2D eigenvalue weighted by Crippen LogP contribution is 2.24. The van der Waals surface area contributed by atoms with E-state index in [2.05, 4.69) is 73.4 Å². The first-order valence-corrected chi connectivity index (χ1v) is 7.40. The van der Waals surface area contributed by atoms with Crippen LogP contribution in [0.25, 0.3) is 11.3 Å².